The quantitative estimate of drug-likeness (QED) is 0.808. The Morgan fingerprint density at radius 2 is 2.31 bits per heavy atom. The zero-order chi connectivity index (χ0) is 12.3. The SMILES string of the molecule is Cc1nn(C)cc1CN(C)CC(C)C(=O)O. The third-order valence-electron chi connectivity index (χ3n) is 2.56. The lowest BCUT2D eigenvalue weighted by Gasteiger charge is -2.18. The fourth-order valence-corrected chi connectivity index (χ4v) is 1.70. The summed E-state index contributed by atoms with van der Waals surface area (Å²) in [5.41, 5.74) is 2.14. The van der Waals surface area contributed by atoms with Crippen molar-refractivity contribution in [2.75, 3.05) is 13.6 Å². The highest BCUT2D eigenvalue weighted by Gasteiger charge is 2.14. The first kappa shape index (κ1) is 12.7. The standard InChI is InChI=1S/C11H19N3O2/c1-8(11(15)16)5-13(3)6-10-7-14(4)12-9(10)2/h7-8H,5-6H2,1-4H3,(H,15,16). The molecule has 0 amide bonds. The summed E-state index contributed by atoms with van der Waals surface area (Å²) in [5.74, 6) is -1.10. The predicted molar refractivity (Wildman–Crippen MR) is 61.1 cm³/mol. The molecule has 1 heterocycles. The molecule has 0 aliphatic heterocycles. The third kappa shape index (κ3) is 3.34. The maximum absolute atomic E-state index is 10.7. The minimum Gasteiger partial charge on any atom is -0.481 e. The Kier molecular flexibility index (Phi) is 4.06. The average molecular weight is 225 g/mol. The summed E-state index contributed by atoms with van der Waals surface area (Å²) >= 11 is 0. The molecule has 5 heteroatoms. The Morgan fingerprint density at radius 3 is 2.75 bits per heavy atom. The lowest BCUT2D eigenvalue weighted by atomic mass is 10.1. The van der Waals surface area contributed by atoms with Gasteiger partial charge in [0.2, 0.25) is 0 Å². The number of aliphatic carboxylic acids is 1. The minimum atomic E-state index is -0.755. The molecule has 16 heavy (non-hydrogen) atoms. The van der Waals surface area contributed by atoms with Gasteiger partial charge in [0.15, 0.2) is 0 Å². The predicted octanol–water partition coefficient (Wildman–Crippen LogP) is 0.881. The van der Waals surface area contributed by atoms with Gasteiger partial charge in [-0.1, -0.05) is 6.92 Å². The van der Waals surface area contributed by atoms with Crippen LogP contribution in [0.3, 0.4) is 0 Å². The number of aryl methyl sites for hydroxylation is 2. The van der Waals surface area contributed by atoms with Gasteiger partial charge < -0.3 is 10.0 Å². The van der Waals surface area contributed by atoms with Crippen molar-refractivity contribution < 1.29 is 9.90 Å². The summed E-state index contributed by atoms with van der Waals surface area (Å²) < 4.78 is 1.78. The number of rotatable bonds is 5. The number of nitrogens with zero attached hydrogens (tertiary/aromatic N) is 3. The number of carbonyl (C=O) groups is 1. The van der Waals surface area contributed by atoms with E-state index in [0.717, 1.165) is 17.8 Å². The van der Waals surface area contributed by atoms with Gasteiger partial charge in [0, 0.05) is 31.9 Å². The van der Waals surface area contributed by atoms with Crippen LogP contribution in [0.25, 0.3) is 0 Å². The summed E-state index contributed by atoms with van der Waals surface area (Å²) in [6, 6.07) is 0. The van der Waals surface area contributed by atoms with E-state index in [1.807, 2.05) is 32.1 Å². The second kappa shape index (κ2) is 5.12. The average Bonchev–Trinajstić information content (AvgIpc) is 2.44. The van der Waals surface area contributed by atoms with Crippen LogP contribution in [0.2, 0.25) is 0 Å². The Balaban J connectivity index is 2.54. The fourth-order valence-electron chi connectivity index (χ4n) is 1.70. The maximum atomic E-state index is 10.7. The van der Waals surface area contributed by atoms with Crippen LogP contribution in [0.4, 0.5) is 0 Å². The highest BCUT2D eigenvalue weighted by Crippen LogP contribution is 2.09. The Morgan fingerprint density at radius 1 is 1.69 bits per heavy atom. The molecular weight excluding hydrogens is 206 g/mol. The molecule has 0 aliphatic rings. The smallest absolute Gasteiger partial charge is 0.307 e. The van der Waals surface area contributed by atoms with E-state index in [9.17, 15) is 4.79 Å². The lowest BCUT2D eigenvalue weighted by molar-refractivity contribution is -0.141. The van der Waals surface area contributed by atoms with Crippen LogP contribution in [0.15, 0.2) is 6.20 Å². The van der Waals surface area contributed by atoms with Gasteiger partial charge in [-0.25, -0.2) is 0 Å². The topological polar surface area (TPSA) is 58.4 Å². The monoisotopic (exact) mass is 225 g/mol. The first-order valence-corrected chi connectivity index (χ1v) is 5.30. The van der Waals surface area contributed by atoms with E-state index in [4.69, 9.17) is 5.11 Å². The Labute approximate surface area is 95.7 Å². The maximum Gasteiger partial charge on any atom is 0.307 e. The van der Waals surface area contributed by atoms with Crippen LogP contribution >= 0.6 is 0 Å². The van der Waals surface area contributed by atoms with Crippen LogP contribution in [-0.4, -0.2) is 39.3 Å². The molecule has 0 saturated carbocycles. The van der Waals surface area contributed by atoms with Gasteiger partial charge in [-0.15, -0.1) is 0 Å². The third-order valence-corrected chi connectivity index (χ3v) is 2.56. The Bertz CT molecular complexity index is 373. The van der Waals surface area contributed by atoms with Crippen LogP contribution in [-0.2, 0) is 18.4 Å². The number of aromatic nitrogens is 2. The largest absolute Gasteiger partial charge is 0.481 e. The summed E-state index contributed by atoms with van der Waals surface area (Å²) in [5, 5.41) is 13.1. The first-order valence-electron chi connectivity index (χ1n) is 5.30. The molecule has 0 fully saturated rings. The normalized spacial score (nSPS) is 13.1. The number of carboxylic acid groups (broad SMARTS) is 1. The summed E-state index contributed by atoms with van der Waals surface area (Å²) in [6.07, 6.45) is 1.97. The molecule has 0 aliphatic carbocycles. The fraction of sp³-hybridized carbons (Fsp3) is 0.636. The molecule has 0 aromatic carbocycles. The summed E-state index contributed by atoms with van der Waals surface area (Å²) in [7, 11) is 3.81. The van der Waals surface area contributed by atoms with Crippen molar-refractivity contribution >= 4 is 5.97 Å². The van der Waals surface area contributed by atoms with E-state index in [0.29, 0.717) is 6.54 Å². The molecule has 1 N–H and O–H groups in total. The van der Waals surface area contributed by atoms with Crippen LogP contribution in [0.1, 0.15) is 18.2 Å². The van der Waals surface area contributed by atoms with Crippen molar-refractivity contribution in [2.45, 2.75) is 20.4 Å². The summed E-state index contributed by atoms with van der Waals surface area (Å²) in [4.78, 5) is 12.7. The highest BCUT2D eigenvalue weighted by atomic mass is 16.4. The molecule has 1 rings (SSSR count). The van der Waals surface area contributed by atoms with Crippen molar-refractivity contribution in [1.29, 1.82) is 0 Å². The van der Waals surface area contributed by atoms with Crippen LogP contribution < -0.4 is 0 Å². The van der Waals surface area contributed by atoms with Crippen molar-refractivity contribution in [2.24, 2.45) is 13.0 Å². The van der Waals surface area contributed by atoms with Gasteiger partial charge >= 0.3 is 5.97 Å². The second-order valence-corrected chi connectivity index (χ2v) is 4.35. The van der Waals surface area contributed by atoms with Crippen molar-refractivity contribution in [1.82, 2.24) is 14.7 Å². The van der Waals surface area contributed by atoms with Gasteiger partial charge in [0.25, 0.3) is 0 Å². The number of carboxylic acids is 1. The molecule has 1 atom stereocenters. The molecule has 90 valence electrons. The zero-order valence-electron chi connectivity index (χ0n) is 10.3. The van der Waals surface area contributed by atoms with Gasteiger partial charge in [0.1, 0.15) is 0 Å². The first-order chi connectivity index (χ1) is 7.40. The van der Waals surface area contributed by atoms with E-state index in [-0.39, 0.29) is 5.92 Å². The van der Waals surface area contributed by atoms with Gasteiger partial charge in [-0.2, -0.15) is 5.10 Å². The zero-order valence-corrected chi connectivity index (χ0v) is 10.3. The van der Waals surface area contributed by atoms with Gasteiger partial charge in [0.05, 0.1) is 11.6 Å². The van der Waals surface area contributed by atoms with Crippen molar-refractivity contribution in [3.05, 3.63) is 17.5 Å². The van der Waals surface area contributed by atoms with Crippen LogP contribution in [0.5, 0.6) is 0 Å². The molecule has 5 nitrogen and oxygen atoms in total. The van der Waals surface area contributed by atoms with Gasteiger partial charge in [-0.05, 0) is 14.0 Å². The van der Waals surface area contributed by atoms with Gasteiger partial charge in [-0.3, -0.25) is 9.48 Å². The minimum absolute atomic E-state index is 0.345. The van der Waals surface area contributed by atoms with Crippen LogP contribution in [0, 0.1) is 12.8 Å². The molecule has 1 aromatic heterocycles. The second-order valence-electron chi connectivity index (χ2n) is 4.35. The van der Waals surface area contributed by atoms with E-state index in [1.54, 1.807) is 11.6 Å². The lowest BCUT2D eigenvalue weighted by Crippen LogP contribution is -2.28. The highest BCUT2D eigenvalue weighted by molar-refractivity contribution is 5.69. The van der Waals surface area contributed by atoms with Crippen molar-refractivity contribution in [3.8, 4) is 0 Å². The van der Waals surface area contributed by atoms with E-state index < -0.39 is 5.97 Å². The number of hydrogen-bond acceptors (Lipinski definition) is 3. The Hall–Kier alpha value is -1.36. The van der Waals surface area contributed by atoms with E-state index in [1.165, 1.54) is 0 Å². The molecule has 0 saturated heterocycles. The van der Waals surface area contributed by atoms with Crippen molar-refractivity contribution in [3.63, 3.8) is 0 Å². The molecule has 1 unspecified atom stereocenters. The molecule has 1 aromatic rings. The number of hydrogen-bond donors (Lipinski definition) is 1. The molecular formula is C11H19N3O2. The summed E-state index contributed by atoms with van der Waals surface area (Å²) in [6.45, 7) is 4.96. The molecule has 0 bridgehead atoms. The molecule has 0 radical (unpaired) electrons. The molecule has 0 spiro atoms. The van der Waals surface area contributed by atoms with E-state index >= 15 is 0 Å². The van der Waals surface area contributed by atoms with E-state index in [2.05, 4.69) is 5.10 Å².